The van der Waals surface area contributed by atoms with Crippen LogP contribution in [0.1, 0.15) is 41.3 Å². The van der Waals surface area contributed by atoms with Crippen LogP contribution in [0.2, 0.25) is 0 Å². The zero-order valence-electron chi connectivity index (χ0n) is 21.6. The van der Waals surface area contributed by atoms with Crippen LogP contribution in [0.5, 0.6) is 0 Å². The van der Waals surface area contributed by atoms with E-state index in [1.807, 2.05) is 32.2 Å². The maximum atomic E-state index is 13.5. The van der Waals surface area contributed by atoms with Crippen LogP contribution in [-0.4, -0.2) is 61.1 Å². The summed E-state index contributed by atoms with van der Waals surface area (Å²) in [6.07, 6.45) is 3.65. The zero-order chi connectivity index (χ0) is 25.6. The fourth-order valence-corrected chi connectivity index (χ4v) is 6.02. The predicted octanol–water partition coefficient (Wildman–Crippen LogP) is 5.04. The van der Waals surface area contributed by atoms with E-state index in [0.29, 0.717) is 5.56 Å². The average molecular weight is 541 g/mol. The molecule has 1 fully saturated rings. The Kier molecular flexibility index (Phi) is 7.65. The highest BCUT2D eigenvalue weighted by molar-refractivity contribution is 7.91. The highest BCUT2D eigenvalue weighted by Crippen LogP contribution is 2.38. The third-order valence-corrected chi connectivity index (χ3v) is 9.04. The van der Waals surface area contributed by atoms with Gasteiger partial charge in [0.15, 0.2) is 9.84 Å². The lowest BCUT2D eigenvalue weighted by Crippen LogP contribution is -2.43. The molecule has 7 nitrogen and oxygen atoms in total. The Labute approximate surface area is 224 Å². The van der Waals surface area contributed by atoms with E-state index in [9.17, 15) is 13.2 Å². The number of sulfone groups is 1. The molecule has 2 aromatic heterocycles. The quantitative estimate of drug-likeness (QED) is 0.370. The molecule has 1 aliphatic rings. The van der Waals surface area contributed by atoms with Gasteiger partial charge in [0.05, 0.1) is 16.2 Å². The number of rotatable bonds is 5. The first-order valence-electron chi connectivity index (χ1n) is 12.4. The smallest absolute Gasteiger partial charge is 0.251 e. The number of aromatic amines is 1. The van der Waals surface area contributed by atoms with Crippen LogP contribution in [-0.2, 0) is 9.84 Å². The lowest BCUT2D eigenvalue weighted by atomic mass is 9.93. The number of halogens is 1. The van der Waals surface area contributed by atoms with Crippen LogP contribution in [0.3, 0.4) is 0 Å². The van der Waals surface area contributed by atoms with Crippen molar-refractivity contribution in [1.82, 2.24) is 20.2 Å². The maximum absolute atomic E-state index is 13.5. The Morgan fingerprint density at radius 3 is 2.59 bits per heavy atom. The molecule has 0 aliphatic carbocycles. The van der Waals surface area contributed by atoms with E-state index in [4.69, 9.17) is 0 Å². The van der Waals surface area contributed by atoms with Gasteiger partial charge in [-0.25, -0.2) is 13.4 Å². The van der Waals surface area contributed by atoms with E-state index in [0.717, 1.165) is 70.1 Å². The molecule has 2 N–H and O–H groups in total. The average Bonchev–Trinajstić information content (AvgIpc) is 3.25. The van der Waals surface area contributed by atoms with Crippen LogP contribution >= 0.6 is 12.4 Å². The Morgan fingerprint density at radius 1 is 1.16 bits per heavy atom. The molecule has 9 heteroatoms. The molecule has 2 aromatic carbocycles. The second kappa shape index (κ2) is 10.4. The van der Waals surface area contributed by atoms with Gasteiger partial charge in [-0.05, 0) is 93.3 Å². The van der Waals surface area contributed by atoms with Crippen LogP contribution in [0, 0.1) is 13.8 Å². The number of nitrogens with one attached hydrogen (secondary N) is 2. The fraction of sp³-hybridized carbons (Fsp3) is 0.357. The van der Waals surface area contributed by atoms with Crippen molar-refractivity contribution < 1.29 is 13.2 Å². The van der Waals surface area contributed by atoms with Crippen LogP contribution in [0.25, 0.3) is 33.1 Å². The third-order valence-electron chi connectivity index (χ3n) is 7.31. The van der Waals surface area contributed by atoms with Crippen molar-refractivity contribution in [2.75, 3.05) is 25.9 Å². The van der Waals surface area contributed by atoms with E-state index in [1.165, 1.54) is 0 Å². The van der Waals surface area contributed by atoms with Gasteiger partial charge in [0.2, 0.25) is 0 Å². The first kappa shape index (κ1) is 27.1. The molecular formula is C28H33ClN4O3S. The van der Waals surface area contributed by atoms with Gasteiger partial charge >= 0.3 is 0 Å². The number of H-pyrrole nitrogens is 1. The first-order chi connectivity index (χ1) is 17.2. The number of hydrogen-bond acceptors (Lipinski definition) is 5. The largest absolute Gasteiger partial charge is 0.349 e. The Bertz CT molecular complexity index is 1590. The van der Waals surface area contributed by atoms with Gasteiger partial charge in [-0.2, -0.15) is 0 Å². The molecular weight excluding hydrogens is 508 g/mol. The normalized spacial score (nSPS) is 15.1. The highest BCUT2D eigenvalue weighted by Gasteiger charge is 2.24. The summed E-state index contributed by atoms with van der Waals surface area (Å²) in [5, 5.41) is 5.13. The summed E-state index contributed by atoms with van der Waals surface area (Å²) >= 11 is 0. The summed E-state index contributed by atoms with van der Waals surface area (Å²) in [5.41, 5.74) is 5.62. The Morgan fingerprint density at radius 2 is 1.89 bits per heavy atom. The maximum Gasteiger partial charge on any atom is 0.251 e. The third kappa shape index (κ3) is 5.10. The number of benzene rings is 2. The summed E-state index contributed by atoms with van der Waals surface area (Å²) in [5.74, 6) is -0.0782. The minimum atomic E-state index is -3.38. The molecule has 4 aromatic rings. The van der Waals surface area contributed by atoms with Gasteiger partial charge in [0, 0.05) is 28.6 Å². The molecule has 1 aliphatic heterocycles. The number of amides is 1. The topological polar surface area (TPSA) is 95.2 Å². The predicted molar refractivity (Wildman–Crippen MR) is 151 cm³/mol. The minimum Gasteiger partial charge on any atom is -0.349 e. The molecule has 5 rings (SSSR count). The fourth-order valence-electron chi connectivity index (χ4n) is 5.10. The van der Waals surface area contributed by atoms with E-state index < -0.39 is 9.84 Å². The lowest BCUT2D eigenvalue weighted by Gasteiger charge is -2.29. The lowest BCUT2D eigenvalue weighted by molar-refractivity contribution is 0.0916. The molecule has 0 radical (unpaired) electrons. The van der Waals surface area contributed by atoms with Crippen LogP contribution in [0.15, 0.2) is 47.5 Å². The second-order valence-corrected chi connectivity index (χ2v) is 12.1. The number of fused-ring (bicyclic) bond motifs is 3. The van der Waals surface area contributed by atoms with Crippen molar-refractivity contribution in [3.05, 3.63) is 59.3 Å². The van der Waals surface area contributed by atoms with E-state index in [1.54, 1.807) is 25.1 Å². The number of piperidine rings is 1. The van der Waals surface area contributed by atoms with E-state index >= 15 is 0 Å². The highest BCUT2D eigenvalue weighted by atomic mass is 35.5. The van der Waals surface area contributed by atoms with E-state index in [-0.39, 0.29) is 35.0 Å². The Hall–Kier alpha value is -2.94. The van der Waals surface area contributed by atoms with Gasteiger partial charge in [0.1, 0.15) is 5.65 Å². The van der Waals surface area contributed by atoms with Crippen molar-refractivity contribution in [2.24, 2.45) is 0 Å². The number of hydrogen-bond donors (Lipinski definition) is 2. The summed E-state index contributed by atoms with van der Waals surface area (Å²) in [6, 6.07) is 11.1. The second-order valence-electron chi connectivity index (χ2n) is 9.86. The monoisotopic (exact) mass is 540 g/mol. The van der Waals surface area contributed by atoms with E-state index in [2.05, 4.69) is 33.3 Å². The van der Waals surface area contributed by atoms with Crippen LogP contribution < -0.4 is 5.32 Å². The molecule has 1 amide bonds. The summed E-state index contributed by atoms with van der Waals surface area (Å²) in [7, 11) is -1.28. The summed E-state index contributed by atoms with van der Waals surface area (Å²) in [6.45, 7) is 7.51. The summed E-state index contributed by atoms with van der Waals surface area (Å²) < 4.78 is 25.3. The number of carbonyl (C=O) groups is 1. The number of pyridine rings is 1. The number of aryl methyl sites for hydroxylation is 2. The van der Waals surface area contributed by atoms with Crippen molar-refractivity contribution in [2.45, 2.75) is 44.6 Å². The SMILES string of the molecule is CCS(=O)(=O)c1cccc(-c2cc(C(=O)NC3CCN(C)CC3)c(C)c3[nH]c4ncc(C)cc4c23)c1.Cl. The number of aromatic nitrogens is 2. The van der Waals surface area contributed by atoms with Gasteiger partial charge in [-0.1, -0.05) is 19.1 Å². The minimum absolute atomic E-state index is 0. The molecule has 3 heterocycles. The number of carbonyl (C=O) groups excluding carboxylic acids is 1. The van der Waals surface area contributed by atoms with Crippen LogP contribution in [0.4, 0.5) is 0 Å². The molecule has 0 unspecified atom stereocenters. The molecule has 0 bridgehead atoms. The van der Waals surface area contributed by atoms with Gasteiger partial charge < -0.3 is 15.2 Å². The van der Waals surface area contributed by atoms with Crippen molar-refractivity contribution in [3.8, 4) is 11.1 Å². The number of nitrogens with zero attached hydrogens (tertiary/aromatic N) is 2. The van der Waals surface area contributed by atoms with Crippen molar-refractivity contribution in [1.29, 1.82) is 0 Å². The standard InChI is InChI=1S/C28H32N4O3S.ClH/c1-5-36(34,35)21-8-6-7-19(14-21)23-15-22(28(33)30-20-9-11-32(4)12-10-20)18(3)26-25(23)24-13-17(2)16-29-27(24)31-26;/h6-8,13-16,20H,5,9-12H2,1-4H3,(H,29,31)(H,30,33);1H. The molecule has 1 saturated heterocycles. The summed E-state index contributed by atoms with van der Waals surface area (Å²) in [4.78, 5) is 24.1. The molecule has 37 heavy (non-hydrogen) atoms. The molecule has 0 atom stereocenters. The molecule has 0 saturated carbocycles. The van der Waals surface area contributed by atoms with Gasteiger partial charge in [-0.3, -0.25) is 4.79 Å². The zero-order valence-corrected chi connectivity index (χ0v) is 23.2. The molecule has 196 valence electrons. The first-order valence-corrected chi connectivity index (χ1v) is 14.1. The van der Waals surface area contributed by atoms with Crippen molar-refractivity contribution >= 4 is 50.1 Å². The van der Waals surface area contributed by atoms with Gasteiger partial charge in [-0.15, -0.1) is 12.4 Å². The van der Waals surface area contributed by atoms with Crippen molar-refractivity contribution in [3.63, 3.8) is 0 Å². The number of likely N-dealkylation sites (tertiary alicyclic amines) is 1. The van der Waals surface area contributed by atoms with Gasteiger partial charge in [0.25, 0.3) is 5.91 Å². The Balaban J connectivity index is 0.00000320. The molecule has 0 spiro atoms.